The molecule has 1 aromatic heterocycles. The van der Waals surface area contributed by atoms with Gasteiger partial charge in [0.1, 0.15) is 0 Å². The molecule has 1 saturated heterocycles. The Morgan fingerprint density at radius 1 is 1.23 bits per heavy atom. The van der Waals surface area contributed by atoms with Crippen molar-refractivity contribution in [2.24, 2.45) is 0 Å². The van der Waals surface area contributed by atoms with Crippen molar-refractivity contribution < 1.29 is 0 Å². The van der Waals surface area contributed by atoms with E-state index < -0.39 is 0 Å². The van der Waals surface area contributed by atoms with Crippen molar-refractivity contribution in [2.75, 3.05) is 16.8 Å². The molecule has 5 nitrogen and oxygen atoms in total. The third kappa shape index (κ3) is 3.35. The number of aryl methyl sites for hydroxylation is 1. The number of piperidine rings is 1. The Morgan fingerprint density at radius 2 is 2.05 bits per heavy atom. The molecule has 2 aromatic rings. The Balaban J connectivity index is 1.78. The van der Waals surface area contributed by atoms with Gasteiger partial charge >= 0.3 is 0 Å². The number of benzene rings is 1. The number of aromatic nitrogens is 3. The molecule has 0 aliphatic carbocycles. The molecule has 0 saturated carbocycles. The zero-order chi connectivity index (χ0) is 15.4. The quantitative estimate of drug-likeness (QED) is 0.932. The van der Waals surface area contributed by atoms with Crippen molar-refractivity contribution in [2.45, 2.75) is 45.6 Å². The fourth-order valence-electron chi connectivity index (χ4n) is 2.98. The van der Waals surface area contributed by atoms with Gasteiger partial charge in [0, 0.05) is 18.3 Å². The zero-order valence-corrected chi connectivity index (χ0v) is 13.3. The largest absolute Gasteiger partial charge is 0.352 e. The maximum Gasteiger partial charge on any atom is 0.249 e. The summed E-state index contributed by atoms with van der Waals surface area (Å²) in [4.78, 5) is 7.03. The number of hydrogen-bond acceptors (Lipinski definition) is 5. The number of nitrogens with one attached hydrogen (secondary N) is 1. The van der Waals surface area contributed by atoms with Crippen LogP contribution in [0.5, 0.6) is 0 Å². The number of anilines is 3. The summed E-state index contributed by atoms with van der Waals surface area (Å²) < 4.78 is 0. The van der Waals surface area contributed by atoms with Gasteiger partial charge in [0.05, 0.1) is 6.20 Å². The van der Waals surface area contributed by atoms with Crippen molar-refractivity contribution in [1.29, 1.82) is 0 Å². The summed E-state index contributed by atoms with van der Waals surface area (Å²) >= 11 is 0. The number of rotatable bonds is 4. The molecule has 0 bridgehead atoms. The van der Waals surface area contributed by atoms with Crippen molar-refractivity contribution in [3.05, 3.63) is 36.0 Å². The van der Waals surface area contributed by atoms with E-state index in [-0.39, 0.29) is 0 Å². The predicted molar refractivity (Wildman–Crippen MR) is 89.6 cm³/mol. The van der Waals surface area contributed by atoms with Gasteiger partial charge in [-0.1, -0.05) is 24.6 Å². The lowest BCUT2D eigenvalue weighted by atomic mass is 10.0. The van der Waals surface area contributed by atoms with Crippen LogP contribution in [0, 0.1) is 6.92 Å². The molecule has 3 rings (SSSR count). The first-order chi connectivity index (χ1) is 10.8. The van der Waals surface area contributed by atoms with Crippen LogP contribution >= 0.6 is 0 Å². The fourth-order valence-corrected chi connectivity index (χ4v) is 2.98. The molecule has 2 heterocycles. The molecule has 1 aliphatic rings. The van der Waals surface area contributed by atoms with Gasteiger partial charge in [0.25, 0.3) is 0 Å². The number of nitrogens with zero attached hydrogens (tertiary/aromatic N) is 4. The van der Waals surface area contributed by atoms with E-state index in [1.54, 1.807) is 6.20 Å². The Labute approximate surface area is 131 Å². The predicted octanol–water partition coefficient (Wildman–Crippen LogP) is 3.69. The van der Waals surface area contributed by atoms with E-state index in [1.165, 1.54) is 24.8 Å². The van der Waals surface area contributed by atoms with E-state index in [2.05, 4.69) is 51.4 Å². The summed E-state index contributed by atoms with van der Waals surface area (Å²) in [5.41, 5.74) is 2.22. The van der Waals surface area contributed by atoms with Crippen LogP contribution in [0.3, 0.4) is 0 Å². The van der Waals surface area contributed by atoms with E-state index in [4.69, 9.17) is 0 Å². The van der Waals surface area contributed by atoms with Gasteiger partial charge in [0.2, 0.25) is 5.95 Å². The van der Waals surface area contributed by atoms with Gasteiger partial charge in [-0.25, -0.2) is 0 Å². The van der Waals surface area contributed by atoms with Crippen LogP contribution in [0.2, 0.25) is 0 Å². The topological polar surface area (TPSA) is 53.9 Å². The van der Waals surface area contributed by atoms with Gasteiger partial charge in [-0.15, -0.1) is 5.10 Å². The smallest absolute Gasteiger partial charge is 0.249 e. The summed E-state index contributed by atoms with van der Waals surface area (Å²) in [7, 11) is 0. The molecule has 0 amide bonds. The molecule has 5 heteroatoms. The van der Waals surface area contributed by atoms with Gasteiger partial charge in [-0.2, -0.15) is 10.1 Å². The minimum Gasteiger partial charge on any atom is -0.352 e. The van der Waals surface area contributed by atoms with Crippen LogP contribution in [-0.4, -0.2) is 27.8 Å². The highest BCUT2D eigenvalue weighted by Crippen LogP contribution is 2.25. The second-order valence-corrected chi connectivity index (χ2v) is 5.88. The Morgan fingerprint density at radius 3 is 2.82 bits per heavy atom. The maximum absolute atomic E-state index is 4.65. The lowest BCUT2D eigenvalue weighted by Gasteiger charge is -2.35. The van der Waals surface area contributed by atoms with Crippen molar-refractivity contribution in [3.8, 4) is 0 Å². The monoisotopic (exact) mass is 297 g/mol. The van der Waals surface area contributed by atoms with E-state index in [0.717, 1.165) is 24.5 Å². The summed E-state index contributed by atoms with van der Waals surface area (Å²) in [6.45, 7) is 5.37. The zero-order valence-electron chi connectivity index (χ0n) is 13.3. The first-order valence-corrected chi connectivity index (χ1v) is 8.06. The van der Waals surface area contributed by atoms with Gasteiger partial charge in [0.15, 0.2) is 5.82 Å². The van der Waals surface area contributed by atoms with Gasteiger partial charge in [-0.3, -0.25) is 0 Å². The lowest BCUT2D eigenvalue weighted by molar-refractivity contribution is 0.446. The molecule has 1 N–H and O–H groups in total. The highest BCUT2D eigenvalue weighted by molar-refractivity contribution is 5.54. The molecule has 116 valence electrons. The maximum atomic E-state index is 4.65. The molecular weight excluding hydrogens is 274 g/mol. The van der Waals surface area contributed by atoms with Gasteiger partial charge in [-0.05, 0) is 44.7 Å². The van der Waals surface area contributed by atoms with E-state index in [1.807, 2.05) is 12.1 Å². The van der Waals surface area contributed by atoms with Gasteiger partial charge < -0.3 is 10.2 Å². The minimum atomic E-state index is 0.557. The van der Waals surface area contributed by atoms with Crippen molar-refractivity contribution in [1.82, 2.24) is 15.2 Å². The lowest BCUT2D eigenvalue weighted by Crippen LogP contribution is -2.39. The molecular formula is C17H23N5. The third-order valence-corrected chi connectivity index (χ3v) is 4.25. The summed E-state index contributed by atoms with van der Waals surface area (Å²) in [5, 5.41) is 11.5. The second kappa shape index (κ2) is 6.73. The molecule has 1 aromatic carbocycles. The normalized spacial score (nSPS) is 18.3. The van der Waals surface area contributed by atoms with E-state index in [9.17, 15) is 0 Å². The molecule has 1 fully saturated rings. The Kier molecular flexibility index (Phi) is 4.51. The minimum absolute atomic E-state index is 0.557. The first-order valence-electron chi connectivity index (χ1n) is 8.06. The van der Waals surface area contributed by atoms with Crippen molar-refractivity contribution >= 4 is 17.5 Å². The molecule has 1 atom stereocenters. The fraction of sp³-hybridized carbons (Fsp3) is 0.471. The van der Waals surface area contributed by atoms with E-state index >= 15 is 0 Å². The van der Waals surface area contributed by atoms with Crippen LogP contribution in [0.4, 0.5) is 17.5 Å². The first kappa shape index (κ1) is 14.8. The number of hydrogen-bond donors (Lipinski definition) is 1. The molecule has 1 aliphatic heterocycles. The highest BCUT2D eigenvalue weighted by atomic mass is 15.3. The molecule has 0 spiro atoms. The van der Waals surface area contributed by atoms with E-state index in [0.29, 0.717) is 12.0 Å². The van der Waals surface area contributed by atoms with Crippen molar-refractivity contribution in [3.63, 3.8) is 0 Å². The SMILES string of the molecule is CCC1CCCCN1c1cnnc(Nc2ccc(C)cc2)n1. The average molecular weight is 297 g/mol. The van der Waals surface area contributed by atoms with Crippen LogP contribution in [0.25, 0.3) is 0 Å². The molecule has 0 radical (unpaired) electrons. The highest BCUT2D eigenvalue weighted by Gasteiger charge is 2.22. The standard InChI is InChI=1S/C17H23N5/c1-3-15-6-4-5-11-22(15)16-12-18-21-17(20-16)19-14-9-7-13(2)8-10-14/h7-10,12,15H,3-6,11H2,1-2H3,(H,19,20,21). The second-order valence-electron chi connectivity index (χ2n) is 5.88. The molecule has 1 unspecified atom stereocenters. The van der Waals surface area contributed by atoms with Crippen LogP contribution in [-0.2, 0) is 0 Å². The third-order valence-electron chi connectivity index (χ3n) is 4.25. The molecule has 22 heavy (non-hydrogen) atoms. The average Bonchev–Trinajstić information content (AvgIpc) is 2.57. The van der Waals surface area contributed by atoms with Crippen LogP contribution < -0.4 is 10.2 Å². The Hall–Kier alpha value is -2.17. The Bertz CT molecular complexity index is 611. The summed E-state index contributed by atoms with van der Waals surface area (Å²) in [6, 6.07) is 8.76. The van der Waals surface area contributed by atoms with Crippen LogP contribution in [0.15, 0.2) is 30.5 Å². The summed E-state index contributed by atoms with van der Waals surface area (Å²) in [6.07, 6.45) is 6.68. The summed E-state index contributed by atoms with van der Waals surface area (Å²) in [5.74, 6) is 1.48. The van der Waals surface area contributed by atoms with Crippen LogP contribution in [0.1, 0.15) is 38.2 Å².